The Bertz CT molecular complexity index is 886. The molecule has 6 nitrogen and oxygen atoms in total. The number of aliphatic carboxylic acids is 1. The molecule has 124 valence electrons. The SMILES string of the molecule is COc1ccccc1-c1nc2cc(C)cnc2n1CCCC(=O)O. The average molecular weight is 325 g/mol. The van der Waals surface area contributed by atoms with Gasteiger partial charge in [0.1, 0.15) is 17.1 Å². The van der Waals surface area contributed by atoms with Gasteiger partial charge in [0.05, 0.1) is 12.7 Å². The largest absolute Gasteiger partial charge is 0.496 e. The Kier molecular flexibility index (Phi) is 4.46. The van der Waals surface area contributed by atoms with Gasteiger partial charge in [-0.2, -0.15) is 0 Å². The van der Waals surface area contributed by atoms with Crippen LogP contribution in [0.4, 0.5) is 0 Å². The van der Waals surface area contributed by atoms with E-state index in [2.05, 4.69) is 4.98 Å². The molecular weight excluding hydrogens is 306 g/mol. The molecule has 2 aromatic heterocycles. The minimum atomic E-state index is -0.804. The molecule has 0 aliphatic heterocycles. The number of aryl methyl sites for hydroxylation is 2. The highest BCUT2D eigenvalue weighted by atomic mass is 16.5. The van der Waals surface area contributed by atoms with E-state index >= 15 is 0 Å². The highest BCUT2D eigenvalue weighted by Gasteiger charge is 2.17. The lowest BCUT2D eigenvalue weighted by atomic mass is 10.2. The average Bonchev–Trinajstić information content (AvgIpc) is 2.92. The third-order valence-corrected chi connectivity index (χ3v) is 3.84. The fraction of sp³-hybridized carbons (Fsp3) is 0.278. The predicted molar refractivity (Wildman–Crippen MR) is 91.1 cm³/mol. The van der Waals surface area contributed by atoms with Crippen molar-refractivity contribution in [1.82, 2.24) is 14.5 Å². The van der Waals surface area contributed by atoms with Crippen molar-refractivity contribution < 1.29 is 14.6 Å². The first-order valence-electron chi connectivity index (χ1n) is 7.78. The summed E-state index contributed by atoms with van der Waals surface area (Å²) in [5.74, 6) is 0.664. The zero-order chi connectivity index (χ0) is 17.1. The second kappa shape index (κ2) is 6.70. The number of pyridine rings is 1. The lowest BCUT2D eigenvalue weighted by Crippen LogP contribution is -2.05. The predicted octanol–water partition coefficient (Wildman–Crippen LogP) is 3.28. The summed E-state index contributed by atoms with van der Waals surface area (Å²) in [6.45, 7) is 2.50. The molecule has 0 saturated carbocycles. The van der Waals surface area contributed by atoms with Gasteiger partial charge in [-0.3, -0.25) is 4.79 Å². The maximum Gasteiger partial charge on any atom is 0.303 e. The number of fused-ring (bicyclic) bond motifs is 1. The van der Waals surface area contributed by atoms with Crippen molar-refractivity contribution in [2.75, 3.05) is 7.11 Å². The standard InChI is InChI=1S/C18H19N3O3/c1-12-10-14-18(19-11-12)21(9-5-8-16(22)23)17(20-14)13-6-3-4-7-15(13)24-2/h3-4,6-7,10-11H,5,8-9H2,1-2H3,(H,22,23). The van der Waals surface area contributed by atoms with Crippen molar-refractivity contribution in [2.45, 2.75) is 26.3 Å². The van der Waals surface area contributed by atoms with E-state index in [1.54, 1.807) is 13.3 Å². The Hall–Kier alpha value is -2.89. The molecule has 0 unspecified atom stereocenters. The quantitative estimate of drug-likeness (QED) is 0.752. The number of para-hydroxylation sites is 1. The summed E-state index contributed by atoms with van der Waals surface area (Å²) in [7, 11) is 1.62. The maximum atomic E-state index is 10.8. The van der Waals surface area contributed by atoms with E-state index in [0.717, 1.165) is 33.9 Å². The van der Waals surface area contributed by atoms with Gasteiger partial charge >= 0.3 is 5.97 Å². The van der Waals surface area contributed by atoms with Crippen molar-refractivity contribution in [3.63, 3.8) is 0 Å². The van der Waals surface area contributed by atoms with Crippen LogP contribution in [0, 0.1) is 6.92 Å². The van der Waals surface area contributed by atoms with E-state index < -0.39 is 5.97 Å². The number of nitrogens with zero attached hydrogens (tertiary/aromatic N) is 3. The molecule has 24 heavy (non-hydrogen) atoms. The van der Waals surface area contributed by atoms with Crippen molar-refractivity contribution in [2.24, 2.45) is 0 Å². The van der Waals surface area contributed by atoms with Gasteiger partial charge in [-0.15, -0.1) is 0 Å². The van der Waals surface area contributed by atoms with E-state index in [-0.39, 0.29) is 6.42 Å². The highest BCUT2D eigenvalue weighted by molar-refractivity contribution is 5.79. The summed E-state index contributed by atoms with van der Waals surface area (Å²) in [5, 5.41) is 8.90. The van der Waals surface area contributed by atoms with Crippen LogP contribution in [0.3, 0.4) is 0 Å². The zero-order valence-electron chi connectivity index (χ0n) is 13.7. The van der Waals surface area contributed by atoms with Gasteiger partial charge < -0.3 is 14.4 Å². The topological polar surface area (TPSA) is 77.2 Å². The summed E-state index contributed by atoms with van der Waals surface area (Å²) >= 11 is 0. The van der Waals surface area contributed by atoms with E-state index in [0.29, 0.717) is 13.0 Å². The lowest BCUT2D eigenvalue weighted by Gasteiger charge is -2.11. The molecule has 2 heterocycles. The number of carboxylic acids is 1. The lowest BCUT2D eigenvalue weighted by molar-refractivity contribution is -0.137. The molecule has 0 aliphatic carbocycles. The molecule has 1 aromatic carbocycles. The second-order valence-corrected chi connectivity index (χ2v) is 5.64. The van der Waals surface area contributed by atoms with E-state index in [9.17, 15) is 4.79 Å². The van der Waals surface area contributed by atoms with Gasteiger partial charge in [0.2, 0.25) is 0 Å². The molecule has 0 atom stereocenters. The van der Waals surface area contributed by atoms with Crippen LogP contribution in [-0.4, -0.2) is 32.7 Å². The number of ether oxygens (including phenoxy) is 1. The van der Waals surface area contributed by atoms with Gasteiger partial charge in [0.15, 0.2) is 5.65 Å². The van der Waals surface area contributed by atoms with Crippen LogP contribution in [0.15, 0.2) is 36.5 Å². The number of methoxy groups -OCH3 is 1. The maximum absolute atomic E-state index is 10.8. The fourth-order valence-electron chi connectivity index (χ4n) is 2.75. The first-order chi connectivity index (χ1) is 11.6. The number of aromatic nitrogens is 3. The van der Waals surface area contributed by atoms with Gasteiger partial charge in [-0.25, -0.2) is 9.97 Å². The summed E-state index contributed by atoms with van der Waals surface area (Å²) in [6.07, 6.45) is 2.42. The van der Waals surface area contributed by atoms with E-state index in [1.807, 2.05) is 41.8 Å². The van der Waals surface area contributed by atoms with Crippen molar-refractivity contribution in [3.8, 4) is 17.1 Å². The third-order valence-electron chi connectivity index (χ3n) is 3.84. The number of carboxylic acid groups (broad SMARTS) is 1. The highest BCUT2D eigenvalue weighted by Crippen LogP contribution is 2.31. The molecule has 0 aliphatic rings. The minimum Gasteiger partial charge on any atom is -0.496 e. The van der Waals surface area contributed by atoms with Crippen LogP contribution in [0.5, 0.6) is 5.75 Å². The smallest absolute Gasteiger partial charge is 0.303 e. The molecule has 0 saturated heterocycles. The third kappa shape index (κ3) is 3.08. The van der Waals surface area contributed by atoms with Crippen molar-refractivity contribution in [1.29, 1.82) is 0 Å². The molecule has 1 N–H and O–H groups in total. The molecular formula is C18H19N3O3. The Morgan fingerprint density at radius 2 is 2.12 bits per heavy atom. The van der Waals surface area contributed by atoms with Crippen LogP contribution in [0.25, 0.3) is 22.6 Å². The van der Waals surface area contributed by atoms with Gasteiger partial charge in [-0.05, 0) is 37.1 Å². The first kappa shape index (κ1) is 16.0. The van der Waals surface area contributed by atoms with Crippen LogP contribution in [0.1, 0.15) is 18.4 Å². The number of imidazole rings is 1. The Morgan fingerprint density at radius 3 is 2.88 bits per heavy atom. The molecule has 3 rings (SSSR count). The van der Waals surface area contributed by atoms with E-state index in [4.69, 9.17) is 14.8 Å². The van der Waals surface area contributed by atoms with E-state index in [1.165, 1.54) is 0 Å². The number of rotatable bonds is 6. The summed E-state index contributed by atoms with van der Waals surface area (Å²) in [5.41, 5.74) is 3.45. The second-order valence-electron chi connectivity index (χ2n) is 5.64. The Labute approximate surface area is 139 Å². The van der Waals surface area contributed by atoms with Crippen LogP contribution in [-0.2, 0) is 11.3 Å². The van der Waals surface area contributed by atoms with Crippen LogP contribution < -0.4 is 4.74 Å². The normalized spacial score (nSPS) is 10.9. The molecule has 0 fully saturated rings. The summed E-state index contributed by atoms with van der Waals surface area (Å²) < 4.78 is 7.42. The molecule has 0 radical (unpaired) electrons. The fourth-order valence-corrected chi connectivity index (χ4v) is 2.75. The van der Waals surface area contributed by atoms with Crippen molar-refractivity contribution in [3.05, 3.63) is 42.1 Å². The summed E-state index contributed by atoms with van der Waals surface area (Å²) in [6, 6.07) is 9.64. The Balaban J connectivity index is 2.12. The van der Waals surface area contributed by atoms with Gasteiger partial charge in [-0.1, -0.05) is 12.1 Å². The number of benzene rings is 1. The molecule has 0 spiro atoms. The molecule has 6 heteroatoms. The minimum absolute atomic E-state index is 0.108. The number of hydrogen-bond acceptors (Lipinski definition) is 4. The Morgan fingerprint density at radius 1 is 1.33 bits per heavy atom. The van der Waals surface area contributed by atoms with Crippen LogP contribution in [0.2, 0.25) is 0 Å². The monoisotopic (exact) mass is 325 g/mol. The molecule has 0 amide bonds. The van der Waals surface area contributed by atoms with Crippen molar-refractivity contribution >= 4 is 17.1 Å². The van der Waals surface area contributed by atoms with Gasteiger partial charge in [0.25, 0.3) is 0 Å². The van der Waals surface area contributed by atoms with Crippen LogP contribution >= 0.6 is 0 Å². The number of carbonyl (C=O) groups is 1. The molecule has 3 aromatic rings. The zero-order valence-corrected chi connectivity index (χ0v) is 13.7. The summed E-state index contributed by atoms with van der Waals surface area (Å²) in [4.78, 5) is 20.0. The first-order valence-corrected chi connectivity index (χ1v) is 7.78. The number of hydrogen-bond donors (Lipinski definition) is 1. The molecule has 0 bridgehead atoms. The van der Waals surface area contributed by atoms with Gasteiger partial charge in [0, 0.05) is 19.2 Å².